The van der Waals surface area contributed by atoms with Crippen molar-refractivity contribution in [1.82, 2.24) is 14.7 Å². The van der Waals surface area contributed by atoms with Crippen LogP contribution in [-0.2, 0) is 6.42 Å². The van der Waals surface area contributed by atoms with E-state index >= 15 is 0 Å². The second-order valence-electron chi connectivity index (χ2n) is 6.76. The Labute approximate surface area is 165 Å². The van der Waals surface area contributed by atoms with Crippen molar-refractivity contribution in [2.45, 2.75) is 39.2 Å². The molecule has 142 valence electrons. The predicted octanol–water partition coefficient (Wildman–Crippen LogP) is 3.71. The van der Waals surface area contributed by atoms with E-state index in [4.69, 9.17) is 17.3 Å². The second kappa shape index (κ2) is 8.89. The molecule has 1 amide bonds. The lowest BCUT2D eigenvalue weighted by Crippen LogP contribution is -2.45. The summed E-state index contributed by atoms with van der Waals surface area (Å²) in [5.41, 5.74) is 8.51. The Morgan fingerprint density at radius 3 is 2.88 bits per heavy atom. The van der Waals surface area contributed by atoms with Crippen LogP contribution < -0.4 is 5.73 Å². The quantitative estimate of drug-likeness (QED) is 0.856. The van der Waals surface area contributed by atoms with E-state index in [1.807, 2.05) is 47.7 Å². The number of nitrogens with zero attached hydrogens (tertiary/aromatic N) is 3. The fourth-order valence-corrected chi connectivity index (χ4v) is 3.70. The molecule has 2 N–H and O–H groups in total. The average Bonchev–Trinajstić information content (AvgIpc) is 3.05. The van der Waals surface area contributed by atoms with E-state index in [1.165, 1.54) is 0 Å². The molecule has 1 aliphatic heterocycles. The summed E-state index contributed by atoms with van der Waals surface area (Å²) in [6.07, 6.45) is 4.49. The summed E-state index contributed by atoms with van der Waals surface area (Å²) in [6, 6.07) is 7.62. The zero-order valence-electron chi connectivity index (χ0n) is 15.2. The number of hydrogen-bond acceptors (Lipinski definition) is 3. The number of hydrogen-bond donors (Lipinski definition) is 1. The van der Waals surface area contributed by atoms with Gasteiger partial charge in [-0.1, -0.05) is 24.6 Å². The minimum Gasteiger partial charge on any atom is -0.338 e. The average molecular weight is 397 g/mol. The molecule has 1 aromatic carbocycles. The number of rotatable bonds is 4. The molecular weight excluding hydrogens is 371 g/mol. The Bertz CT molecular complexity index is 760. The van der Waals surface area contributed by atoms with Crippen LogP contribution in [0.25, 0.3) is 5.69 Å². The van der Waals surface area contributed by atoms with Crippen molar-refractivity contribution in [3.63, 3.8) is 0 Å². The van der Waals surface area contributed by atoms with Crippen LogP contribution in [0.4, 0.5) is 0 Å². The lowest BCUT2D eigenvalue weighted by molar-refractivity contribution is 0.0660. The fraction of sp³-hybridized carbons (Fsp3) is 0.474. The molecule has 7 heteroatoms. The molecule has 26 heavy (non-hydrogen) atoms. The van der Waals surface area contributed by atoms with Gasteiger partial charge in [0.05, 0.1) is 23.1 Å². The molecule has 1 aliphatic rings. The SMILES string of the molecule is CCc1c(C(=O)N2CCCC(C(C)N)C2)cnn1-c1cccc(Cl)c1.Cl. The van der Waals surface area contributed by atoms with Crippen molar-refractivity contribution in [3.05, 3.63) is 46.7 Å². The van der Waals surface area contributed by atoms with Gasteiger partial charge < -0.3 is 10.6 Å². The Hall–Kier alpha value is -1.56. The highest BCUT2D eigenvalue weighted by molar-refractivity contribution is 6.30. The van der Waals surface area contributed by atoms with Crippen LogP contribution in [0, 0.1) is 5.92 Å². The Morgan fingerprint density at radius 2 is 2.23 bits per heavy atom. The highest BCUT2D eigenvalue weighted by Gasteiger charge is 2.28. The molecular formula is C19H26Cl2N4O. The molecule has 3 rings (SSSR count). The lowest BCUT2D eigenvalue weighted by atomic mass is 9.92. The first-order valence-corrected chi connectivity index (χ1v) is 9.26. The highest BCUT2D eigenvalue weighted by atomic mass is 35.5. The van der Waals surface area contributed by atoms with Crippen molar-refractivity contribution < 1.29 is 4.79 Å². The molecule has 0 bridgehead atoms. The third-order valence-electron chi connectivity index (χ3n) is 4.98. The first kappa shape index (κ1) is 20.7. The third-order valence-corrected chi connectivity index (χ3v) is 5.21. The number of carbonyl (C=O) groups is 1. The van der Waals surface area contributed by atoms with Gasteiger partial charge in [-0.3, -0.25) is 4.79 Å². The van der Waals surface area contributed by atoms with Gasteiger partial charge in [0, 0.05) is 24.2 Å². The van der Waals surface area contributed by atoms with Crippen LogP contribution >= 0.6 is 24.0 Å². The first-order chi connectivity index (χ1) is 12.0. The molecule has 1 aromatic heterocycles. The lowest BCUT2D eigenvalue weighted by Gasteiger charge is -2.34. The number of piperidine rings is 1. The van der Waals surface area contributed by atoms with Gasteiger partial charge in [0.15, 0.2) is 0 Å². The maximum Gasteiger partial charge on any atom is 0.257 e. The molecule has 2 aromatic rings. The summed E-state index contributed by atoms with van der Waals surface area (Å²) < 4.78 is 1.81. The molecule has 0 saturated carbocycles. The highest BCUT2D eigenvalue weighted by Crippen LogP contribution is 2.24. The van der Waals surface area contributed by atoms with Crippen LogP contribution in [0.1, 0.15) is 42.7 Å². The van der Waals surface area contributed by atoms with Crippen molar-refractivity contribution in [1.29, 1.82) is 0 Å². The minimum atomic E-state index is 0. The smallest absolute Gasteiger partial charge is 0.257 e. The van der Waals surface area contributed by atoms with Gasteiger partial charge >= 0.3 is 0 Å². The van der Waals surface area contributed by atoms with E-state index in [9.17, 15) is 4.79 Å². The van der Waals surface area contributed by atoms with Gasteiger partial charge in [0.2, 0.25) is 0 Å². The van der Waals surface area contributed by atoms with E-state index in [1.54, 1.807) is 6.20 Å². The van der Waals surface area contributed by atoms with E-state index in [0.29, 0.717) is 16.5 Å². The summed E-state index contributed by atoms with van der Waals surface area (Å²) in [7, 11) is 0. The van der Waals surface area contributed by atoms with E-state index in [2.05, 4.69) is 5.10 Å². The van der Waals surface area contributed by atoms with Gasteiger partial charge in [0.1, 0.15) is 0 Å². The zero-order chi connectivity index (χ0) is 18.0. The molecule has 0 spiro atoms. The van der Waals surface area contributed by atoms with Crippen LogP contribution in [0.2, 0.25) is 5.02 Å². The van der Waals surface area contributed by atoms with Crippen LogP contribution in [0.5, 0.6) is 0 Å². The molecule has 5 nitrogen and oxygen atoms in total. The van der Waals surface area contributed by atoms with Crippen molar-refractivity contribution in [2.24, 2.45) is 11.7 Å². The summed E-state index contributed by atoms with van der Waals surface area (Å²) in [4.78, 5) is 15.0. The van der Waals surface area contributed by atoms with Crippen molar-refractivity contribution >= 4 is 29.9 Å². The first-order valence-electron chi connectivity index (χ1n) is 8.89. The number of amides is 1. The molecule has 2 heterocycles. The third kappa shape index (κ3) is 4.22. The minimum absolute atomic E-state index is 0. The summed E-state index contributed by atoms with van der Waals surface area (Å²) in [5, 5.41) is 5.11. The van der Waals surface area contributed by atoms with Gasteiger partial charge in [-0.15, -0.1) is 12.4 Å². The second-order valence-corrected chi connectivity index (χ2v) is 7.20. The Kier molecular flexibility index (Phi) is 7.09. The molecule has 0 radical (unpaired) electrons. The maximum absolute atomic E-state index is 13.1. The van der Waals surface area contributed by atoms with Crippen molar-refractivity contribution in [3.8, 4) is 5.69 Å². The van der Waals surface area contributed by atoms with Gasteiger partial charge in [-0.25, -0.2) is 4.68 Å². The van der Waals surface area contributed by atoms with Gasteiger partial charge in [-0.2, -0.15) is 5.10 Å². The molecule has 1 saturated heterocycles. The van der Waals surface area contributed by atoms with E-state index < -0.39 is 0 Å². The standard InChI is InChI=1S/C19H25ClN4O.ClH/c1-3-18-17(11-22-24(18)16-8-4-7-15(20)10-16)19(25)23-9-5-6-14(12-23)13(2)21;/h4,7-8,10-11,13-14H,3,5-6,9,12,21H2,1-2H3;1H. The maximum atomic E-state index is 13.1. The zero-order valence-corrected chi connectivity index (χ0v) is 16.8. The number of halogens is 2. The summed E-state index contributed by atoms with van der Waals surface area (Å²) in [5.74, 6) is 0.418. The number of carbonyl (C=O) groups excluding carboxylic acids is 1. The topological polar surface area (TPSA) is 64.2 Å². The molecule has 2 unspecified atom stereocenters. The van der Waals surface area contributed by atoms with E-state index in [0.717, 1.165) is 43.7 Å². The largest absolute Gasteiger partial charge is 0.338 e. The van der Waals surface area contributed by atoms with E-state index in [-0.39, 0.29) is 24.4 Å². The summed E-state index contributed by atoms with van der Waals surface area (Å²) >= 11 is 6.10. The predicted molar refractivity (Wildman–Crippen MR) is 107 cm³/mol. The number of likely N-dealkylation sites (tertiary alicyclic amines) is 1. The number of aromatic nitrogens is 2. The molecule has 1 fully saturated rings. The van der Waals surface area contributed by atoms with Crippen molar-refractivity contribution in [2.75, 3.05) is 13.1 Å². The number of nitrogens with two attached hydrogens (primary N) is 1. The normalized spacial score (nSPS) is 18.3. The van der Waals surface area contributed by atoms with Gasteiger partial charge in [-0.05, 0) is 50.3 Å². The van der Waals surface area contributed by atoms with Crippen LogP contribution in [0.3, 0.4) is 0 Å². The monoisotopic (exact) mass is 396 g/mol. The Morgan fingerprint density at radius 1 is 1.46 bits per heavy atom. The van der Waals surface area contributed by atoms with Crippen LogP contribution in [-0.4, -0.2) is 39.7 Å². The number of benzene rings is 1. The van der Waals surface area contributed by atoms with Gasteiger partial charge in [0.25, 0.3) is 5.91 Å². The Balaban J connectivity index is 0.00000243. The van der Waals surface area contributed by atoms with Crippen LogP contribution in [0.15, 0.2) is 30.5 Å². The fourth-order valence-electron chi connectivity index (χ4n) is 3.52. The molecule has 0 aliphatic carbocycles. The molecule has 2 atom stereocenters. The summed E-state index contributed by atoms with van der Waals surface area (Å²) in [6.45, 7) is 5.57.